The molecule has 0 aliphatic carbocycles. The van der Waals surface area contributed by atoms with Gasteiger partial charge in [-0.3, -0.25) is 0 Å². The van der Waals surface area contributed by atoms with E-state index in [1.54, 1.807) is 0 Å². The van der Waals surface area contributed by atoms with Crippen molar-refractivity contribution in [1.29, 1.82) is 0 Å². The molecule has 1 aliphatic rings. The fourth-order valence-electron chi connectivity index (χ4n) is 2.93. The minimum Gasteiger partial charge on any atom is -0.382 e. The maximum atomic E-state index is 5.93. The van der Waals surface area contributed by atoms with Gasteiger partial charge in [0.25, 0.3) is 0 Å². The van der Waals surface area contributed by atoms with Crippen molar-refractivity contribution in [3.63, 3.8) is 0 Å². The summed E-state index contributed by atoms with van der Waals surface area (Å²) in [6, 6.07) is 7.11. The van der Waals surface area contributed by atoms with Crippen LogP contribution in [0.25, 0.3) is 0 Å². The zero-order valence-corrected chi connectivity index (χ0v) is 12.8. The molecule has 1 aromatic carbocycles. The Morgan fingerprint density at radius 1 is 1.37 bits per heavy atom. The lowest BCUT2D eigenvalue weighted by Gasteiger charge is -2.38. The summed E-state index contributed by atoms with van der Waals surface area (Å²) in [6.45, 7) is 9.74. The summed E-state index contributed by atoms with van der Waals surface area (Å²) in [4.78, 5) is 0. The zero-order valence-electron chi connectivity index (χ0n) is 12.8. The van der Waals surface area contributed by atoms with Crippen LogP contribution in [0.4, 0.5) is 5.69 Å². The van der Waals surface area contributed by atoms with Crippen molar-refractivity contribution in [2.45, 2.75) is 65.0 Å². The molecule has 2 nitrogen and oxygen atoms in total. The molecular formula is C17H27NO. The van der Waals surface area contributed by atoms with E-state index < -0.39 is 0 Å². The Morgan fingerprint density at radius 3 is 2.84 bits per heavy atom. The van der Waals surface area contributed by atoms with E-state index in [-0.39, 0.29) is 5.60 Å². The first-order chi connectivity index (χ1) is 9.08. The van der Waals surface area contributed by atoms with Gasteiger partial charge >= 0.3 is 0 Å². The molecule has 1 heterocycles. The van der Waals surface area contributed by atoms with Crippen molar-refractivity contribution >= 4 is 5.69 Å². The van der Waals surface area contributed by atoms with Gasteiger partial charge in [0, 0.05) is 18.3 Å². The van der Waals surface area contributed by atoms with E-state index in [2.05, 4.69) is 51.2 Å². The van der Waals surface area contributed by atoms with E-state index in [4.69, 9.17) is 4.74 Å². The molecule has 0 amide bonds. The molecule has 1 fully saturated rings. The van der Waals surface area contributed by atoms with Crippen LogP contribution >= 0.6 is 0 Å². The Bertz CT molecular complexity index is 429. The van der Waals surface area contributed by atoms with E-state index >= 15 is 0 Å². The third-order valence-electron chi connectivity index (χ3n) is 4.43. The Morgan fingerprint density at radius 2 is 2.16 bits per heavy atom. The highest BCUT2D eigenvalue weighted by Gasteiger charge is 2.31. The molecule has 1 saturated heterocycles. The first-order valence-corrected chi connectivity index (χ1v) is 7.57. The van der Waals surface area contributed by atoms with Crippen LogP contribution in [0.5, 0.6) is 0 Å². The van der Waals surface area contributed by atoms with Crippen molar-refractivity contribution in [3.05, 3.63) is 29.3 Å². The molecule has 19 heavy (non-hydrogen) atoms. The maximum absolute atomic E-state index is 5.93. The lowest BCUT2D eigenvalue weighted by Crippen LogP contribution is -2.42. The van der Waals surface area contributed by atoms with Crippen LogP contribution < -0.4 is 5.32 Å². The van der Waals surface area contributed by atoms with Gasteiger partial charge in [-0.05, 0) is 50.7 Å². The highest BCUT2D eigenvalue weighted by Crippen LogP contribution is 2.31. The number of para-hydroxylation sites is 1. The molecule has 0 radical (unpaired) electrons. The lowest BCUT2D eigenvalue weighted by molar-refractivity contribution is -0.0709. The summed E-state index contributed by atoms with van der Waals surface area (Å²) in [5, 5.41) is 3.78. The molecule has 106 valence electrons. The van der Waals surface area contributed by atoms with Gasteiger partial charge in [-0.25, -0.2) is 0 Å². The Balaban J connectivity index is 2.13. The summed E-state index contributed by atoms with van der Waals surface area (Å²) in [7, 11) is 0. The standard InChI is InChI=1S/C17H27NO/c1-5-14-9-7-8-13(3)16(14)18-15-10-11-19-17(4,6-2)12-15/h7-9,15,18H,5-6,10-12H2,1-4H3. The van der Waals surface area contributed by atoms with Crippen molar-refractivity contribution < 1.29 is 4.74 Å². The molecule has 2 unspecified atom stereocenters. The number of hydrogen-bond donors (Lipinski definition) is 1. The normalized spacial score (nSPS) is 27.3. The van der Waals surface area contributed by atoms with Crippen molar-refractivity contribution in [1.82, 2.24) is 0 Å². The van der Waals surface area contributed by atoms with E-state index in [1.165, 1.54) is 16.8 Å². The average Bonchev–Trinajstić information content (AvgIpc) is 2.41. The number of nitrogens with one attached hydrogen (secondary N) is 1. The molecule has 0 aromatic heterocycles. The van der Waals surface area contributed by atoms with Gasteiger partial charge in [0.1, 0.15) is 0 Å². The SMILES string of the molecule is CCc1cccc(C)c1NC1CCOC(C)(CC)C1. The van der Waals surface area contributed by atoms with Crippen molar-refractivity contribution in [3.8, 4) is 0 Å². The van der Waals surface area contributed by atoms with Gasteiger partial charge < -0.3 is 10.1 Å². The van der Waals surface area contributed by atoms with Gasteiger partial charge in [-0.15, -0.1) is 0 Å². The molecule has 1 aliphatic heterocycles. The lowest BCUT2D eigenvalue weighted by atomic mass is 9.89. The summed E-state index contributed by atoms with van der Waals surface area (Å²) in [5.41, 5.74) is 4.16. The molecule has 0 spiro atoms. The quantitative estimate of drug-likeness (QED) is 0.871. The molecule has 1 aromatic rings. The molecule has 2 atom stereocenters. The van der Waals surface area contributed by atoms with Gasteiger partial charge in [0.15, 0.2) is 0 Å². The van der Waals surface area contributed by atoms with Gasteiger partial charge in [0.2, 0.25) is 0 Å². The van der Waals surface area contributed by atoms with E-state index in [0.717, 1.165) is 32.3 Å². The summed E-state index contributed by atoms with van der Waals surface area (Å²) >= 11 is 0. The summed E-state index contributed by atoms with van der Waals surface area (Å²) < 4.78 is 5.93. The molecular weight excluding hydrogens is 234 g/mol. The average molecular weight is 261 g/mol. The Hall–Kier alpha value is -1.02. The number of rotatable bonds is 4. The molecule has 0 saturated carbocycles. The number of hydrogen-bond acceptors (Lipinski definition) is 2. The number of benzene rings is 1. The second kappa shape index (κ2) is 5.96. The van der Waals surface area contributed by atoms with Gasteiger partial charge in [-0.1, -0.05) is 32.0 Å². The molecule has 0 bridgehead atoms. The number of aryl methyl sites for hydroxylation is 2. The first-order valence-electron chi connectivity index (χ1n) is 7.57. The molecule has 2 heteroatoms. The van der Waals surface area contributed by atoms with Crippen LogP contribution in [0.15, 0.2) is 18.2 Å². The number of ether oxygens (including phenoxy) is 1. The third kappa shape index (κ3) is 3.30. The van der Waals surface area contributed by atoms with Crippen molar-refractivity contribution in [2.24, 2.45) is 0 Å². The minimum atomic E-state index is 0.0466. The topological polar surface area (TPSA) is 21.3 Å². The van der Waals surface area contributed by atoms with Crippen LogP contribution in [0, 0.1) is 6.92 Å². The molecule has 1 N–H and O–H groups in total. The predicted octanol–water partition coefficient (Wildman–Crippen LogP) is 4.32. The summed E-state index contributed by atoms with van der Waals surface area (Å²) in [6.07, 6.45) is 4.37. The predicted molar refractivity (Wildman–Crippen MR) is 81.8 cm³/mol. The van der Waals surface area contributed by atoms with Crippen LogP contribution in [0.2, 0.25) is 0 Å². The van der Waals surface area contributed by atoms with E-state index in [1.807, 2.05) is 0 Å². The monoisotopic (exact) mass is 261 g/mol. The Kier molecular flexibility index (Phi) is 4.51. The highest BCUT2D eigenvalue weighted by atomic mass is 16.5. The van der Waals surface area contributed by atoms with Gasteiger partial charge in [0.05, 0.1) is 5.60 Å². The van der Waals surface area contributed by atoms with Crippen molar-refractivity contribution in [2.75, 3.05) is 11.9 Å². The van der Waals surface area contributed by atoms with Crippen LogP contribution in [-0.4, -0.2) is 18.2 Å². The molecule has 2 rings (SSSR count). The van der Waals surface area contributed by atoms with Crippen LogP contribution in [0.3, 0.4) is 0 Å². The smallest absolute Gasteiger partial charge is 0.0671 e. The zero-order chi connectivity index (χ0) is 13.9. The van der Waals surface area contributed by atoms with Crippen LogP contribution in [-0.2, 0) is 11.2 Å². The van der Waals surface area contributed by atoms with Gasteiger partial charge in [-0.2, -0.15) is 0 Å². The third-order valence-corrected chi connectivity index (χ3v) is 4.43. The van der Waals surface area contributed by atoms with E-state index in [0.29, 0.717) is 6.04 Å². The number of anilines is 1. The maximum Gasteiger partial charge on any atom is 0.0671 e. The minimum absolute atomic E-state index is 0.0466. The first kappa shape index (κ1) is 14.4. The second-order valence-electron chi connectivity index (χ2n) is 5.95. The highest BCUT2D eigenvalue weighted by molar-refractivity contribution is 5.57. The Labute approximate surface area is 117 Å². The summed E-state index contributed by atoms with van der Waals surface area (Å²) in [5.74, 6) is 0. The van der Waals surface area contributed by atoms with E-state index in [9.17, 15) is 0 Å². The fourth-order valence-corrected chi connectivity index (χ4v) is 2.93. The van der Waals surface area contributed by atoms with Crippen LogP contribution in [0.1, 0.15) is 51.2 Å². The fraction of sp³-hybridized carbons (Fsp3) is 0.647. The second-order valence-corrected chi connectivity index (χ2v) is 5.95. The largest absolute Gasteiger partial charge is 0.382 e.